The average molecular weight is 407 g/mol. The van der Waals surface area contributed by atoms with Crippen LogP contribution in [0.25, 0.3) is 0 Å². The fourth-order valence-corrected chi connectivity index (χ4v) is 4.39. The lowest BCUT2D eigenvalue weighted by Gasteiger charge is -2.25. The molecule has 0 bridgehead atoms. The van der Waals surface area contributed by atoms with E-state index in [0.29, 0.717) is 0 Å². The first-order chi connectivity index (χ1) is 14.7. The molecular weight excluding hydrogens is 375 g/mol. The van der Waals surface area contributed by atoms with Crippen LogP contribution in [0.15, 0.2) is 61.2 Å². The summed E-state index contributed by atoms with van der Waals surface area (Å²) in [6.07, 6.45) is 9.28. The number of imidazole rings is 1. The zero-order valence-electron chi connectivity index (χ0n) is 17.8. The number of aryl methyl sites for hydroxylation is 2. The van der Waals surface area contributed by atoms with Crippen LogP contribution in [-0.2, 0) is 19.6 Å². The van der Waals surface area contributed by atoms with E-state index in [1.165, 1.54) is 48.8 Å². The predicted molar refractivity (Wildman–Crippen MR) is 120 cm³/mol. The maximum atomic E-state index is 13.7. The standard InChI is InChI=1S/C25H31FN4/c1-21-16-23(8-9-25(21)30-13-2-3-14-30)19-29(12-5-11-28-15-10-27-20-28)18-22-6-4-7-24(26)17-22/h4,6-10,15-17,20H,2-3,5,11-14,18-19H2,1H3. The quantitative estimate of drug-likeness (QED) is 0.498. The van der Waals surface area contributed by atoms with E-state index in [4.69, 9.17) is 0 Å². The zero-order chi connectivity index (χ0) is 20.8. The van der Waals surface area contributed by atoms with Crippen molar-refractivity contribution in [3.05, 3.63) is 83.7 Å². The summed E-state index contributed by atoms with van der Waals surface area (Å²) < 4.78 is 15.8. The lowest BCUT2D eigenvalue weighted by molar-refractivity contribution is 0.248. The Morgan fingerprint density at radius 2 is 1.83 bits per heavy atom. The molecule has 158 valence electrons. The highest BCUT2D eigenvalue weighted by molar-refractivity contribution is 5.55. The van der Waals surface area contributed by atoms with Crippen LogP contribution in [0.3, 0.4) is 0 Å². The van der Waals surface area contributed by atoms with Gasteiger partial charge in [-0.25, -0.2) is 9.37 Å². The highest BCUT2D eigenvalue weighted by Gasteiger charge is 2.15. The van der Waals surface area contributed by atoms with Gasteiger partial charge in [0.05, 0.1) is 6.33 Å². The molecule has 0 aliphatic carbocycles. The minimum Gasteiger partial charge on any atom is -0.371 e. The van der Waals surface area contributed by atoms with Gasteiger partial charge in [-0.3, -0.25) is 4.90 Å². The Balaban J connectivity index is 1.44. The smallest absolute Gasteiger partial charge is 0.123 e. The summed E-state index contributed by atoms with van der Waals surface area (Å²) in [4.78, 5) is 9.03. The molecule has 0 unspecified atom stereocenters. The average Bonchev–Trinajstić information content (AvgIpc) is 3.42. The maximum Gasteiger partial charge on any atom is 0.123 e. The summed E-state index contributed by atoms with van der Waals surface area (Å²) in [6.45, 7) is 8.04. The SMILES string of the molecule is Cc1cc(CN(CCCn2ccnc2)Cc2cccc(F)c2)ccc1N1CCCC1. The molecule has 4 nitrogen and oxygen atoms in total. The molecule has 1 aromatic heterocycles. The van der Waals surface area contributed by atoms with Gasteiger partial charge in [0.25, 0.3) is 0 Å². The van der Waals surface area contributed by atoms with Crippen molar-refractivity contribution in [2.45, 2.75) is 45.8 Å². The lowest BCUT2D eigenvalue weighted by Crippen LogP contribution is -2.25. The molecule has 1 fully saturated rings. The number of anilines is 1. The summed E-state index contributed by atoms with van der Waals surface area (Å²) in [6, 6.07) is 13.8. The summed E-state index contributed by atoms with van der Waals surface area (Å²) in [7, 11) is 0. The van der Waals surface area contributed by atoms with Gasteiger partial charge in [0, 0.05) is 57.3 Å². The third kappa shape index (κ3) is 5.48. The van der Waals surface area contributed by atoms with E-state index in [2.05, 4.69) is 44.5 Å². The van der Waals surface area contributed by atoms with Crippen LogP contribution in [0.2, 0.25) is 0 Å². The van der Waals surface area contributed by atoms with Crippen molar-refractivity contribution in [2.75, 3.05) is 24.5 Å². The fraction of sp³-hybridized carbons (Fsp3) is 0.400. The van der Waals surface area contributed by atoms with Gasteiger partial charge in [0.2, 0.25) is 0 Å². The van der Waals surface area contributed by atoms with Crippen molar-refractivity contribution < 1.29 is 4.39 Å². The predicted octanol–water partition coefficient (Wildman–Crippen LogP) is 5.02. The molecule has 2 aromatic carbocycles. The van der Waals surface area contributed by atoms with Crippen LogP contribution < -0.4 is 4.90 Å². The van der Waals surface area contributed by atoms with E-state index in [-0.39, 0.29) is 5.82 Å². The van der Waals surface area contributed by atoms with Crippen molar-refractivity contribution in [3.8, 4) is 0 Å². The van der Waals surface area contributed by atoms with Crippen molar-refractivity contribution in [2.24, 2.45) is 0 Å². The van der Waals surface area contributed by atoms with Gasteiger partial charge in [-0.1, -0.05) is 24.3 Å². The minimum atomic E-state index is -0.170. The minimum absolute atomic E-state index is 0.170. The summed E-state index contributed by atoms with van der Waals surface area (Å²) in [5.41, 5.74) is 5.05. The zero-order valence-corrected chi connectivity index (χ0v) is 17.8. The number of rotatable bonds is 9. The molecular formula is C25H31FN4. The highest BCUT2D eigenvalue weighted by atomic mass is 19.1. The van der Waals surface area contributed by atoms with E-state index in [9.17, 15) is 4.39 Å². The van der Waals surface area contributed by atoms with Crippen LogP contribution in [0.4, 0.5) is 10.1 Å². The fourth-order valence-electron chi connectivity index (χ4n) is 4.39. The number of halogens is 1. The largest absolute Gasteiger partial charge is 0.371 e. The Morgan fingerprint density at radius 3 is 2.53 bits per heavy atom. The van der Waals surface area contributed by atoms with Gasteiger partial charge >= 0.3 is 0 Å². The van der Waals surface area contributed by atoms with Crippen LogP contribution in [0.1, 0.15) is 36.0 Å². The van der Waals surface area contributed by atoms with E-state index < -0.39 is 0 Å². The first-order valence-corrected chi connectivity index (χ1v) is 10.9. The second-order valence-electron chi connectivity index (χ2n) is 8.31. The first kappa shape index (κ1) is 20.6. The topological polar surface area (TPSA) is 24.3 Å². The Labute approximate surface area is 179 Å². The van der Waals surface area contributed by atoms with Gasteiger partial charge < -0.3 is 9.47 Å². The van der Waals surface area contributed by atoms with Crippen molar-refractivity contribution in [1.29, 1.82) is 0 Å². The van der Waals surface area contributed by atoms with Crippen LogP contribution >= 0.6 is 0 Å². The number of nitrogens with zero attached hydrogens (tertiary/aromatic N) is 4. The van der Waals surface area contributed by atoms with Gasteiger partial charge in [0.1, 0.15) is 5.82 Å². The van der Waals surface area contributed by atoms with E-state index in [1.54, 1.807) is 12.1 Å². The second-order valence-corrected chi connectivity index (χ2v) is 8.31. The summed E-state index contributed by atoms with van der Waals surface area (Å²) >= 11 is 0. The van der Waals surface area contributed by atoms with Crippen molar-refractivity contribution in [3.63, 3.8) is 0 Å². The molecule has 0 spiro atoms. The molecule has 0 radical (unpaired) electrons. The molecule has 1 saturated heterocycles. The Kier molecular flexibility index (Phi) is 6.80. The summed E-state index contributed by atoms with van der Waals surface area (Å²) in [5, 5.41) is 0. The molecule has 1 aliphatic heterocycles. The molecule has 1 aliphatic rings. The van der Waals surface area contributed by atoms with E-state index >= 15 is 0 Å². The second kappa shape index (κ2) is 9.90. The molecule has 3 aromatic rings. The Bertz CT molecular complexity index is 932. The van der Waals surface area contributed by atoms with Crippen molar-refractivity contribution in [1.82, 2.24) is 14.5 Å². The Morgan fingerprint density at radius 1 is 1.03 bits per heavy atom. The molecule has 5 heteroatoms. The van der Waals surface area contributed by atoms with Crippen LogP contribution in [-0.4, -0.2) is 34.1 Å². The number of hydrogen-bond acceptors (Lipinski definition) is 3. The van der Waals surface area contributed by atoms with E-state index in [1.807, 2.05) is 24.8 Å². The molecule has 0 saturated carbocycles. The first-order valence-electron chi connectivity index (χ1n) is 10.9. The molecule has 30 heavy (non-hydrogen) atoms. The number of benzene rings is 2. The van der Waals surface area contributed by atoms with Crippen LogP contribution in [0.5, 0.6) is 0 Å². The monoisotopic (exact) mass is 406 g/mol. The van der Waals surface area contributed by atoms with Gasteiger partial charge in [-0.15, -0.1) is 0 Å². The molecule has 2 heterocycles. The van der Waals surface area contributed by atoms with Gasteiger partial charge in [-0.2, -0.15) is 0 Å². The van der Waals surface area contributed by atoms with Crippen molar-refractivity contribution >= 4 is 5.69 Å². The van der Waals surface area contributed by atoms with Gasteiger partial charge in [0.15, 0.2) is 0 Å². The molecule has 0 atom stereocenters. The molecule has 0 N–H and O–H groups in total. The summed E-state index contributed by atoms with van der Waals surface area (Å²) in [5.74, 6) is -0.170. The maximum absolute atomic E-state index is 13.7. The van der Waals surface area contributed by atoms with Gasteiger partial charge in [-0.05, 0) is 61.1 Å². The van der Waals surface area contributed by atoms with E-state index in [0.717, 1.165) is 38.2 Å². The number of hydrogen-bond donors (Lipinski definition) is 0. The van der Waals surface area contributed by atoms with Crippen LogP contribution in [0, 0.1) is 12.7 Å². The lowest BCUT2D eigenvalue weighted by atomic mass is 10.1. The third-order valence-corrected chi connectivity index (χ3v) is 5.86. The molecule has 4 rings (SSSR count). The molecule has 0 amide bonds. The highest BCUT2D eigenvalue weighted by Crippen LogP contribution is 2.25. The third-order valence-electron chi connectivity index (χ3n) is 5.86. The normalized spacial score (nSPS) is 14.0. The Hall–Kier alpha value is -2.66. The number of aromatic nitrogens is 2.